The Morgan fingerprint density at radius 3 is 2.45 bits per heavy atom. The molecule has 2 heterocycles. The molecule has 2 aromatic carbocycles. The van der Waals surface area contributed by atoms with Gasteiger partial charge in [-0.2, -0.15) is 13.2 Å². The molecule has 4 rings (SSSR count). The molecule has 1 N–H and O–H groups in total. The first kappa shape index (κ1) is 19.2. The summed E-state index contributed by atoms with van der Waals surface area (Å²) in [5.74, 6) is 0.573. The molecule has 0 fully saturated rings. The Morgan fingerprint density at radius 2 is 1.79 bits per heavy atom. The molecule has 0 amide bonds. The van der Waals surface area contributed by atoms with Crippen molar-refractivity contribution in [2.24, 2.45) is 0 Å². The second-order valence-electron chi connectivity index (χ2n) is 6.35. The van der Waals surface area contributed by atoms with E-state index in [4.69, 9.17) is 11.6 Å². The van der Waals surface area contributed by atoms with Gasteiger partial charge in [-0.15, -0.1) is 0 Å². The van der Waals surface area contributed by atoms with E-state index in [1.165, 1.54) is 12.1 Å². The Labute approximate surface area is 167 Å². The van der Waals surface area contributed by atoms with Crippen LogP contribution in [0.5, 0.6) is 0 Å². The predicted octanol–water partition coefficient (Wildman–Crippen LogP) is 5.15. The van der Waals surface area contributed by atoms with Gasteiger partial charge in [0.1, 0.15) is 11.6 Å². The third-order valence-corrected chi connectivity index (χ3v) is 4.74. The third kappa shape index (κ3) is 3.51. The maximum absolute atomic E-state index is 13.0. The summed E-state index contributed by atoms with van der Waals surface area (Å²) in [5.41, 5.74) is -0.0143. The van der Waals surface area contributed by atoms with Crippen LogP contribution in [0.3, 0.4) is 0 Å². The molecule has 4 aromatic rings. The Hall–Kier alpha value is -3.13. The van der Waals surface area contributed by atoms with E-state index in [0.29, 0.717) is 23.0 Å². The summed E-state index contributed by atoms with van der Waals surface area (Å²) < 4.78 is 40.9. The van der Waals surface area contributed by atoms with Gasteiger partial charge < -0.3 is 9.55 Å². The first-order valence-electron chi connectivity index (χ1n) is 8.72. The second kappa shape index (κ2) is 7.04. The van der Waals surface area contributed by atoms with Crippen LogP contribution in [-0.2, 0) is 12.7 Å². The first-order valence-corrected chi connectivity index (χ1v) is 9.10. The topological polar surface area (TPSA) is 63.6 Å². The number of rotatable bonds is 3. The summed E-state index contributed by atoms with van der Waals surface area (Å²) in [6.07, 6.45) is -4.49. The number of nitrogens with one attached hydrogen (secondary N) is 1. The molecular weight excluding hydrogens is 405 g/mol. The summed E-state index contributed by atoms with van der Waals surface area (Å²) in [5, 5.41) is 0.565. The molecule has 148 valence electrons. The van der Waals surface area contributed by atoms with Crippen molar-refractivity contribution in [3.8, 4) is 22.8 Å². The average Bonchev–Trinajstić information content (AvgIpc) is 3.07. The Morgan fingerprint density at radius 1 is 1.07 bits per heavy atom. The first-order chi connectivity index (χ1) is 13.8. The molecule has 0 aliphatic heterocycles. The highest BCUT2D eigenvalue weighted by Crippen LogP contribution is 2.31. The van der Waals surface area contributed by atoms with Crippen LogP contribution in [0.4, 0.5) is 13.2 Å². The van der Waals surface area contributed by atoms with E-state index in [2.05, 4.69) is 15.0 Å². The molecule has 9 heteroatoms. The number of aryl methyl sites for hydroxylation is 1. The fourth-order valence-corrected chi connectivity index (χ4v) is 3.24. The highest BCUT2D eigenvalue weighted by Gasteiger charge is 2.30. The molecular formula is C20H14ClF3N4O. The summed E-state index contributed by atoms with van der Waals surface area (Å²) in [4.78, 5) is 24.0. The molecule has 0 aliphatic carbocycles. The van der Waals surface area contributed by atoms with Crippen LogP contribution in [0.25, 0.3) is 33.9 Å². The van der Waals surface area contributed by atoms with Crippen LogP contribution in [0.1, 0.15) is 12.5 Å². The molecule has 0 radical (unpaired) electrons. The van der Waals surface area contributed by atoms with Gasteiger partial charge in [-0.3, -0.25) is 4.79 Å². The van der Waals surface area contributed by atoms with Crippen molar-refractivity contribution in [2.45, 2.75) is 19.6 Å². The van der Waals surface area contributed by atoms with Crippen LogP contribution in [0.2, 0.25) is 5.02 Å². The molecule has 0 atom stereocenters. The van der Waals surface area contributed by atoms with E-state index in [-0.39, 0.29) is 16.9 Å². The summed E-state index contributed by atoms with van der Waals surface area (Å²) >= 11 is 5.94. The second-order valence-corrected chi connectivity index (χ2v) is 6.79. The van der Waals surface area contributed by atoms with Gasteiger partial charge in [-0.1, -0.05) is 23.7 Å². The summed E-state index contributed by atoms with van der Waals surface area (Å²) in [7, 11) is 0. The third-order valence-electron chi connectivity index (χ3n) is 4.49. The molecule has 0 saturated heterocycles. The van der Waals surface area contributed by atoms with Gasteiger partial charge in [0.15, 0.2) is 11.2 Å². The number of aromatic amines is 1. The van der Waals surface area contributed by atoms with Gasteiger partial charge in [-0.05, 0) is 43.3 Å². The van der Waals surface area contributed by atoms with E-state index in [0.717, 1.165) is 17.7 Å². The molecule has 0 bridgehead atoms. The number of aromatic nitrogens is 4. The number of halogens is 4. The molecule has 5 nitrogen and oxygen atoms in total. The van der Waals surface area contributed by atoms with E-state index < -0.39 is 17.3 Å². The minimum absolute atomic E-state index is 0.0471. The standard InChI is InChI=1S/C20H14ClF3N4O/c1-2-28-17(11-6-8-14(21)9-7-11)25-15-18(28)26-16(27-19(15)29)12-4-3-5-13(10-12)20(22,23)24/h3-10H,2H2,1H3,(H,26,27,29). The minimum atomic E-state index is -4.49. The van der Waals surface area contributed by atoms with Gasteiger partial charge >= 0.3 is 6.18 Å². The fraction of sp³-hybridized carbons (Fsp3) is 0.150. The zero-order valence-electron chi connectivity index (χ0n) is 15.1. The van der Waals surface area contributed by atoms with Crippen LogP contribution < -0.4 is 5.56 Å². The predicted molar refractivity (Wildman–Crippen MR) is 105 cm³/mol. The van der Waals surface area contributed by atoms with E-state index >= 15 is 0 Å². The van der Waals surface area contributed by atoms with Crippen molar-refractivity contribution in [1.29, 1.82) is 0 Å². The monoisotopic (exact) mass is 418 g/mol. The van der Waals surface area contributed by atoms with Gasteiger partial charge in [0, 0.05) is 22.7 Å². The van der Waals surface area contributed by atoms with Crippen LogP contribution in [-0.4, -0.2) is 19.5 Å². The Kier molecular flexibility index (Phi) is 4.66. The smallest absolute Gasteiger partial charge is 0.309 e. The lowest BCUT2D eigenvalue weighted by molar-refractivity contribution is -0.137. The normalized spacial score (nSPS) is 11.9. The average molecular weight is 419 g/mol. The van der Waals surface area contributed by atoms with E-state index in [1.807, 2.05) is 6.92 Å². The number of alkyl halides is 3. The highest BCUT2D eigenvalue weighted by molar-refractivity contribution is 6.30. The Bertz CT molecular complexity index is 1260. The van der Waals surface area contributed by atoms with Crippen LogP contribution in [0.15, 0.2) is 53.3 Å². The summed E-state index contributed by atoms with van der Waals surface area (Å²) in [6, 6.07) is 11.6. The lowest BCUT2D eigenvalue weighted by atomic mass is 10.1. The number of benzene rings is 2. The van der Waals surface area contributed by atoms with Crippen molar-refractivity contribution < 1.29 is 13.2 Å². The largest absolute Gasteiger partial charge is 0.416 e. The molecule has 0 aliphatic rings. The number of H-pyrrole nitrogens is 1. The fourth-order valence-electron chi connectivity index (χ4n) is 3.11. The van der Waals surface area contributed by atoms with Crippen LogP contribution >= 0.6 is 11.6 Å². The maximum atomic E-state index is 13.0. The zero-order valence-corrected chi connectivity index (χ0v) is 15.8. The zero-order chi connectivity index (χ0) is 20.8. The number of hydrogen-bond donors (Lipinski definition) is 1. The van der Waals surface area contributed by atoms with Gasteiger partial charge in [0.25, 0.3) is 5.56 Å². The quantitative estimate of drug-likeness (QED) is 0.500. The van der Waals surface area contributed by atoms with Gasteiger partial charge in [0.2, 0.25) is 0 Å². The Balaban J connectivity index is 1.92. The van der Waals surface area contributed by atoms with Crippen molar-refractivity contribution in [3.05, 3.63) is 69.5 Å². The lowest BCUT2D eigenvalue weighted by Gasteiger charge is -2.09. The SMILES string of the molecule is CCn1c(-c2ccc(Cl)cc2)nc2c(=O)[nH]c(-c3cccc(C(F)(F)F)c3)nc21. The van der Waals surface area contributed by atoms with E-state index in [1.54, 1.807) is 28.8 Å². The number of nitrogens with zero attached hydrogens (tertiary/aromatic N) is 3. The van der Waals surface area contributed by atoms with E-state index in [9.17, 15) is 18.0 Å². The number of hydrogen-bond acceptors (Lipinski definition) is 3. The number of imidazole rings is 1. The molecule has 0 spiro atoms. The van der Waals surface area contributed by atoms with Gasteiger partial charge in [0.05, 0.1) is 5.56 Å². The van der Waals surface area contributed by atoms with Gasteiger partial charge in [-0.25, -0.2) is 9.97 Å². The van der Waals surface area contributed by atoms with Crippen molar-refractivity contribution in [1.82, 2.24) is 19.5 Å². The maximum Gasteiger partial charge on any atom is 0.416 e. The molecule has 0 saturated carbocycles. The lowest BCUT2D eigenvalue weighted by Crippen LogP contribution is -2.11. The van der Waals surface area contributed by atoms with Crippen molar-refractivity contribution >= 4 is 22.8 Å². The molecule has 0 unspecified atom stereocenters. The number of fused-ring (bicyclic) bond motifs is 1. The van der Waals surface area contributed by atoms with Crippen molar-refractivity contribution in [2.75, 3.05) is 0 Å². The van der Waals surface area contributed by atoms with Crippen LogP contribution in [0, 0.1) is 0 Å². The minimum Gasteiger partial charge on any atom is -0.309 e. The molecule has 29 heavy (non-hydrogen) atoms. The molecule has 2 aromatic heterocycles. The summed E-state index contributed by atoms with van der Waals surface area (Å²) in [6.45, 7) is 2.33. The highest BCUT2D eigenvalue weighted by atomic mass is 35.5. The van der Waals surface area contributed by atoms with Crippen molar-refractivity contribution in [3.63, 3.8) is 0 Å².